The molecule has 3 aromatic rings. The molecule has 0 saturated carbocycles. The molecule has 0 amide bonds. The Morgan fingerprint density at radius 1 is 0.650 bits per heavy atom. The van der Waals surface area contributed by atoms with Crippen molar-refractivity contribution in [2.24, 2.45) is 0 Å². The molecule has 0 spiro atoms. The number of ether oxygens (including phenoxy) is 2. The van der Waals surface area contributed by atoms with Crippen molar-refractivity contribution >= 4 is 16.6 Å². The molecule has 218 valence electrons. The summed E-state index contributed by atoms with van der Waals surface area (Å²) in [6, 6.07) is 21.3. The zero-order chi connectivity index (χ0) is 28.4. The van der Waals surface area contributed by atoms with Crippen LogP contribution in [0.5, 0.6) is 5.75 Å². The minimum Gasteiger partial charge on any atom is -0.494 e. The number of hydrogen-bond donors (Lipinski definition) is 0. The molecule has 0 fully saturated rings. The van der Waals surface area contributed by atoms with Crippen LogP contribution in [0.25, 0.3) is 10.8 Å². The van der Waals surface area contributed by atoms with E-state index < -0.39 is 0 Å². The van der Waals surface area contributed by atoms with Crippen LogP contribution in [-0.2, 0) is 17.6 Å². The maximum Gasteiger partial charge on any atom is 0.191 e. The summed E-state index contributed by atoms with van der Waals surface area (Å²) in [5.74, 6) is 1.07. The highest BCUT2D eigenvalue weighted by molar-refractivity contribution is 5.99. The van der Waals surface area contributed by atoms with Crippen molar-refractivity contribution in [1.82, 2.24) is 0 Å². The Hall–Kier alpha value is -2.65. The highest BCUT2D eigenvalue weighted by Gasteiger charge is 2.19. The third kappa shape index (κ3) is 11.1. The van der Waals surface area contributed by atoms with Gasteiger partial charge in [-0.2, -0.15) is 0 Å². The first-order valence-electron chi connectivity index (χ1n) is 16.0. The van der Waals surface area contributed by atoms with Crippen molar-refractivity contribution in [3.8, 4) is 5.75 Å². The van der Waals surface area contributed by atoms with Gasteiger partial charge in [-0.05, 0) is 59.7 Å². The fourth-order valence-electron chi connectivity index (χ4n) is 5.37. The standard InChI is InChI=1S/C37H52O3/c1-4-6-8-10-11-12-13-15-27-40-35-26-25-33-28-31(21-24-34(33)29-35)18-17-30-19-22-32(23-20-30)37(38)36(39-3)16-14-9-7-5-2/h19-26,28-29,36H,4-18,27H2,1-3H3/t36-/m1/s1. The number of rotatable bonds is 21. The van der Waals surface area contributed by atoms with Gasteiger partial charge in [0.25, 0.3) is 0 Å². The summed E-state index contributed by atoms with van der Waals surface area (Å²) in [7, 11) is 1.65. The Kier molecular flexibility index (Phi) is 14.9. The summed E-state index contributed by atoms with van der Waals surface area (Å²) in [4.78, 5) is 12.9. The van der Waals surface area contributed by atoms with Gasteiger partial charge in [-0.1, -0.05) is 133 Å². The normalized spacial score (nSPS) is 12.1. The summed E-state index contributed by atoms with van der Waals surface area (Å²) in [6.07, 6.45) is 17.5. The Morgan fingerprint density at radius 3 is 1.93 bits per heavy atom. The lowest BCUT2D eigenvalue weighted by molar-refractivity contribution is 0.0573. The number of hydrogen-bond acceptors (Lipinski definition) is 3. The highest BCUT2D eigenvalue weighted by Crippen LogP contribution is 2.23. The molecule has 0 radical (unpaired) electrons. The number of fused-ring (bicyclic) bond motifs is 1. The lowest BCUT2D eigenvalue weighted by Crippen LogP contribution is -2.23. The number of Topliss-reactive ketones (excluding diaryl/α,β-unsaturated/α-hetero) is 1. The number of methoxy groups -OCH3 is 1. The van der Waals surface area contributed by atoms with E-state index in [0.29, 0.717) is 0 Å². The second kappa shape index (κ2) is 18.7. The first kappa shape index (κ1) is 31.9. The minimum atomic E-state index is -0.337. The van der Waals surface area contributed by atoms with Gasteiger partial charge in [0.15, 0.2) is 5.78 Å². The summed E-state index contributed by atoms with van der Waals surface area (Å²) in [5.41, 5.74) is 3.32. The van der Waals surface area contributed by atoms with Crippen LogP contribution in [0.15, 0.2) is 60.7 Å². The molecule has 1 atom stereocenters. The Balaban J connectivity index is 1.43. The maximum atomic E-state index is 12.9. The molecule has 3 aromatic carbocycles. The zero-order valence-electron chi connectivity index (χ0n) is 25.4. The predicted molar refractivity (Wildman–Crippen MR) is 170 cm³/mol. The van der Waals surface area contributed by atoms with Gasteiger partial charge in [-0.25, -0.2) is 0 Å². The van der Waals surface area contributed by atoms with E-state index in [2.05, 4.69) is 62.4 Å². The van der Waals surface area contributed by atoms with Crippen molar-refractivity contribution in [2.45, 2.75) is 116 Å². The quantitative estimate of drug-likeness (QED) is 0.0988. The number of ketones is 1. The molecule has 40 heavy (non-hydrogen) atoms. The molecule has 3 rings (SSSR count). The van der Waals surface area contributed by atoms with E-state index in [-0.39, 0.29) is 11.9 Å². The van der Waals surface area contributed by atoms with Gasteiger partial charge >= 0.3 is 0 Å². The van der Waals surface area contributed by atoms with Gasteiger partial charge in [-0.15, -0.1) is 0 Å². The molecule has 0 aromatic heterocycles. The molecule has 0 heterocycles. The molecule has 3 heteroatoms. The van der Waals surface area contributed by atoms with E-state index in [1.54, 1.807) is 7.11 Å². The van der Waals surface area contributed by atoms with Crippen LogP contribution in [0.3, 0.4) is 0 Å². The molecule has 0 bridgehead atoms. The van der Waals surface area contributed by atoms with E-state index in [1.165, 1.54) is 79.7 Å². The van der Waals surface area contributed by atoms with Crippen molar-refractivity contribution in [2.75, 3.05) is 13.7 Å². The van der Waals surface area contributed by atoms with Crippen LogP contribution in [0, 0.1) is 0 Å². The molecule has 0 aliphatic carbocycles. The van der Waals surface area contributed by atoms with Crippen LogP contribution in [-0.4, -0.2) is 25.6 Å². The molecule has 0 unspecified atom stereocenters. The van der Waals surface area contributed by atoms with Gasteiger partial charge in [-0.3, -0.25) is 4.79 Å². The van der Waals surface area contributed by atoms with E-state index in [0.717, 1.165) is 56.4 Å². The van der Waals surface area contributed by atoms with Gasteiger partial charge < -0.3 is 9.47 Å². The second-order valence-electron chi connectivity index (χ2n) is 11.3. The summed E-state index contributed by atoms with van der Waals surface area (Å²) >= 11 is 0. The molecular weight excluding hydrogens is 492 g/mol. The van der Waals surface area contributed by atoms with Crippen LogP contribution in [0.4, 0.5) is 0 Å². The fourth-order valence-corrected chi connectivity index (χ4v) is 5.37. The van der Waals surface area contributed by atoms with E-state index in [4.69, 9.17) is 9.47 Å². The van der Waals surface area contributed by atoms with Gasteiger partial charge in [0, 0.05) is 12.7 Å². The lowest BCUT2D eigenvalue weighted by Gasteiger charge is -2.14. The lowest BCUT2D eigenvalue weighted by atomic mass is 9.97. The molecule has 0 saturated heterocycles. The second-order valence-corrected chi connectivity index (χ2v) is 11.3. The van der Waals surface area contributed by atoms with Crippen molar-refractivity contribution in [3.05, 3.63) is 77.4 Å². The topological polar surface area (TPSA) is 35.5 Å². The van der Waals surface area contributed by atoms with E-state index in [1.807, 2.05) is 12.1 Å². The number of unbranched alkanes of at least 4 members (excludes halogenated alkanes) is 10. The smallest absolute Gasteiger partial charge is 0.191 e. The molecular formula is C37H52O3. The average molecular weight is 545 g/mol. The summed E-state index contributed by atoms with van der Waals surface area (Å²) in [6.45, 7) is 5.27. The van der Waals surface area contributed by atoms with Gasteiger partial charge in [0.2, 0.25) is 0 Å². The number of carbonyl (C=O) groups excluding carboxylic acids is 1. The molecule has 0 aliphatic heterocycles. The average Bonchev–Trinajstić information content (AvgIpc) is 2.99. The van der Waals surface area contributed by atoms with Crippen molar-refractivity contribution in [1.29, 1.82) is 0 Å². The molecule has 0 aliphatic rings. The summed E-state index contributed by atoms with van der Waals surface area (Å²) < 4.78 is 11.6. The van der Waals surface area contributed by atoms with Gasteiger partial charge in [0.1, 0.15) is 11.9 Å². The fraction of sp³-hybridized carbons (Fsp3) is 0.541. The Labute approximate surface area is 243 Å². The van der Waals surface area contributed by atoms with Crippen LogP contribution >= 0.6 is 0 Å². The zero-order valence-corrected chi connectivity index (χ0v) is 25.4. The highest BCUT2D eigenvalue weighted by atomic mass is 16.5. The van der Waals surface area contributed by atoms with E-state index in [9.17, 15) is 4.79 Å². The Morgan fingerprint density at radius 2 is 1.23 bits per heavy atom. The number of aryl methyl sites for hydroxylation is 2. The van der Waals surface area contributed by atoms with Gasteiger partial charge in [0.05, 0.1) is 6.61 Å². The largest absolute Gasteiger partial charge is 0.494 e. The SMILES string of the molecule is CCCCCCCCCCOc1ccc2cc(CCc3ccc(C(=O)[C@@H](CCCCCC)OC)cc3)ccc2c1. The van der Waals surface area contributed by atoms with Crippen LogP contribution in [0.2, 0.25) is 0 Å². The number of benzene rings is 3. The number of carbonyl (C=O) groups is 1. The summed E-state index contributed by atoms with van der Waals surface area (Å²) in [5, 5.41) is 2.48. The predicted octanol–water partition coefficient (Wildman–Crippen LogP) is 10.3. The molecule has 0 N–H and O–H groups in total. The van der Waals surface area contributed by atoms with Crippen LogP contribution < -0.4 is 4.74 Å². The van der Waals surface area contributed by atoms with Crippen molar-refractivity contribution in [3.63, 3.8) is 0 Å². The molecule has 3 nitrogen and oxygen atoms in total. The first-order chi connectivity index (χ1) is 19.6. The maximum absolute atomic E-state index is 12.9. The monoisotopic (exact) mass is 544 g/mol. The first-order valence-corrected chi connectivity index (χ1v) is 16.0. The van der Waals surface area contributed by atoms with Crippen molar-refractivity contribution < 1.29 is 14.3 Å². The third-order valence-corrected chi connectivity index (χ3v) is 7.98. The Bertz CT molecular complexity index is 1120. The van der Waals surface area contributed by atoms with Crippen LogP contribution in [0.1, 0.15) is 119 Å². The minimum absolute atomic E-state index is 0.0984. The third-order valence-electron chi connectivity index (χ3n) is 7.98. The van der Waals surface area contributed by atoms with E-state index >= 15 is 0 Å².